The molecule has 0 bridgehead atoms. The molecule has 21 heavy (non-hydrogen) atoms. The van der Waals surface area contributed by atoms with Crippen LogP contribution in [-0.2, 0) is 9.59 Å². The molecule has 1 rings (SSSR count). The summed E-state index contributed by atoms with van der Waals surface area (Å²) in [5.41, 5.74) is 0.211. The number of ether oxygens (including phenoxy) is 2. The Morgan fingerprint density at radius 2 is 1.81 bits per heavy atom. The first-order chi connectivity index (χ1) is 9.99. The highest BCUT2D eigenvalue weighted by molar-refractivity contribution is 5.99. The lowest BCUT2D eigenvalue weighted by molar-refractivity contribution is -0.137. The normalized spacial score (nSPS) is 9.62. The Labute approximate surface area is 121 Å². The lowest BCUT2D eigenvalue weighted by Crippen LogP contribution is -2.39. The third-order valence-corrected chi connectivity index (χ3v) is 2.49. The minimum Gasteiger partial charge on any atom is -0.493 e. The molecule has 114 valence electrons. The smallest absolute Gasteiger partial charge is 0.322 e. The van der Waals surface area contributed by atoms with Gasteiger partial charge in [-0.3, -0.25) is 14.4 Å². The van der Waals surface area contributed by atoms with E-state index in [-0.39, 0.29) is 17.9 Å². The summed E-state index contributed by atoms with van der Waals surface area (Å²) in [6.07, 6.45) is 0. The monoisotopic (exact) mass is 296 g/mol. The average Bonchev–Trinajstić information content (AvgIpc) is 2.49. The molecule has 0 spiro atoms. The predicted molar refractivity (Wildman–Crippen MR) is 72.5 cm³/mol. The van der Waals surface area contributed by atoms with Crippen molar-refractivity contribution in [1.82, 2.24) is 10.6 Å². The number of carboxylic acids is 1. The third kappa shape index (κ3) is 4.68. The van der Waals surface area contributed by atoms with Gasteiger partial charge in [-0.05, 0) is 12.1 Å². The standard InChI is InChI=1S/C13H16N2O6/c1-20-9-5-3-4-8(12(9)21-2)13(19)15-6-10(16)14-7-11(17)18/h3-5H,6-7H2,1-2H3,(H,14,16)(H,15,19)(H,17,18). The Morgan fingerprint density at radius 1 is 1.10 bits per heavy atom. The van der Waals surface area contributed by atoms with Gasteiger partial charge in [-0.15, -0.1) is 0 Å². The zero-order valence-electron chi connectivity index (χ0n) is 11.6. The number of aliphatic carboxylic acids is 1. The van der Waals surface area contributed by atoms with Gasteiger partial charge < -0.3 is 25.2 Å². The zero-order valence-corrected chi connectivity index (χ0v) is 11.6. The lowest BCUT2D eigenvalue weighted by atomic mass is 10.1. The molecule has 8 nitrogen and oxygen atoms in total. The van der Waals surface area contributed by atoms with Gasteiger partial charge in [0.05, 0.1) is 26.3 Å². The zero-order chi connectivity index (χ0) is 15.8. The molecule has 0 atom stereocenters. The van der Waals surface area contributed by atoms with Crippen molar-refractivity contribution in [3.05, 3.63) is 23.8 Å². The van der Waals surface area contributed by atoms with Crippen LogP contribution in [-0.4, -0.2) is 50.2 Å². The molecule has 0 aliphatic rings. The maximum atomic E-state index is 12.0. The van der Waals surface area contributed by atoms with E-state index in [1.807, 2.05) is 0 Å². The van der Waals surface area contributed by atoms with E-state index in [1.165, 1.54) is 20.3 Å². The summed E-state index contributed by atoms with van der Waals surface area (Å²) in [7, 11) is 2.84. The van der Waals surface area contributed by atoms with Crippen molar-refractivity contribution in [2.24, 2.45) is 0 Å². The van der Waals surface area contributed by atoms with Gasteiger partial charge in [-0.1, -0.05) is 6.07 Å². The number of carbonyl (C=O) groups excluding carboxylic acids is 2. The van der Waals surface area contributed by atoms with Gasteiger partial charge in [-0.2, -0.15) is 0 Å². The van der Waals surface area contributed by atoms with Crippen LogP contribution in [0.4, 0.5) is 0 Å². The summed E-state index contributed by atoms with van der Waals surface area (Å²) in [6, 6.07) is 4.77. The van der Waals surface area contributed by atoms with Gasteiger partial charge >= 0.3 is 5.97 Å². The maximum absolute atomic E-state index is 12.0. The second kappa shape index (κ2) is 7.73. The van der Waals surface area contributed by atoms with Gasteiger partial charge in [-0.25, -0.2) is 0 Å². The molecular weight excluding hydrogens is 280 g/mol. The van der Waals surface area contributed by atoms with Crippen molar-refractivity contribution in [2.75, 3.05) is 27.3 Å². The molecule has 0 saturated carbocycles. The van der Waals surface area contributed by atoms with Crippen LogP contribution in [0.5, 0.6) is 11.5 Å². The van der Waals surface area contributed by atoms with Gasteiger partial charge in [0, 0.05) is 0 Å². The first-order valence-electron chi connectivity index (χ1n) is 5.97. The lowest BCUT2D eigenvalue weighted by Gasteiger charge is -2.12. The molecule has 0 radical (unpaired) electrons. The van der Waals surface area contributed by atoms with Crippen LogP contribution < -0.4 is 20.1 Å². The Balaban J connectivity index is 2.68. The van der Waals surface area contributed by atoms with Crippen molar-refractivity contribution < 1.29 is 29.0 Å². The van der Waals surface area contributed by atoms with E-state index < -0.39 is 24.3 Å². The molecule has 2 amide bonds. The summed E-state index contributed by atoms with van der Waals surface area (Å²) in [6.45, 7) is -0.844. The van der Waals surface area contributed by atoms with Gasteiger partial charge in [0.15, 0.2) is 11.5 Å². The first-order valence-corrected chi connectivity index (χ1v) is 5.97. The molecule has 1 aromatic carbocycles. The molecule has 0 aromatic heterocycles. The second-order valence-corrected chi connectivity index (χ2v) is 3.89. The van der Waals surface area contributed by atoms with E-state index in [4.69, 9.17) is 14.6 Å². The Bertz CT molecular complexity index is 543. The summed E-state index contributed by atoms with van der Waals surface area (Å²) < 4.78 is 10.2. The molecule has 3 N–H and O–H groups in total. The maximum Gasteiger partial charge on any atom is 0.322 e. The van der Waals surface area contributed by atoms with Crippen LogP contribution in [0.15, 0.2) is 18.2 Å². The van der Waals surface area contributed by atoms with E-state index in [0.29, 0.717) is 5.75 Å². The van der Waals surface area contributed by atoms with Crippen molar-refractivity contribution >= 4 is 17.8 Å². The third-order valence-electron chi connectivity index (χ3n) is 2.49. The van der Waals surface area contributed by atoms with E-state index in [0.717, 1.165) is 0 Å². The SMILES string of the molecule is COc1cccc(C(=O)NCC(=O)NCC(=O)O)c1OC. The van der Waals surface area contributed by atoms with Gasteiger partial charge in [0.2, 0.25) is 5.91 Å². The number of hydrogen-bond acceptors (Lipinski definition) is 5. The number of carbonyl (C=O) groups is 3. The fraction of sp³-hybridized carbons (Fsp3) is 0.308. The van der Waals surface area contributed by atoms with E-state index in [2.05, 4.69) is 10.6 Å². The quantitative estimate of drug-likeness (QED) is 0.633. The van der Waals surface area contributed by atoms with Crippen LogP contribution in [0.1, 0.15) is 10.4 Å². The molecular formula is C13H16N2O6. The first kappa shape index (κ1) is 16.3. The number of rotatable bonds is 7. The van der Waals surface area contributed by atoms with E-state index >= 15 is 0 Å². The summed E-state index contributed by atoms with van der Waals surface area (Å²) >= 11 is 0. The number of benzene rings is 1. The Kier molecular flexibility index (Phi) is 5.99. The fourth-order valence-electron chi connectivity index (χ4n) is 1.56. The number of hydrogen-bond donors (Lipinski definition) is 3. The van der Waals surface area contributed by atoms with Crippen LogP contribution in [0.3, 0.4) is 0 Å². The van der Waals surface area contributed by atoms with E-state index in [1.54, 1.807) is 12.1 Å². The number of amides is 2. The highest BCUT2D eigenvalue weighted by Gasteiger charge is 2.16. The number of methoxy groups -OCH3 is 2. The van der Waals surface area contributed by atoms with Crippen LogP contribution in [0, 0.1) is 0 Å². The van der Waals surface area contributed by atoms with E-state index in [9.17, 15) is 14.4 Å². The predicted octanol–water partition coefficient (Wildman–Crippen LogP) is -0.366. The van der Waals surface area contributed by atoms with Crippen molar-refractivity contribution in [3.63, 3.8) is 0 Å². The fourth-order valence-corrected chi connectivity index (χ4v) is 1.56. The van der Waals surface area contributed by atoms with Gasteiger partial charge in [0.25, 0.3) is 5.91 Å². The minimum atomic E-state index is -1.16. The molecule has 0 heterocycles. The number of para-hydroxylation sites is 1. The molecule has 0 unspecified atom stereocenters. The Morgan fingerprint density at radius 3 is 2.38 bits per heavy atom. The summed E-state index contributed by atoms with van der Waals surface area (Å²) in [5.74, 6) is -1.66. The van der Waals surface area contributed by atoms with Crippen LogP contribution in [0.2, 0.25) is 0 Å². The molecule has 8 heteroatoms. The molecule has 0 fully saturated rings. The topological polar surface area (TPSA) is 114 Å². The van der Waals surface area contributed by atoms with Crippen molar-refractivity contribution in [2.45, 2.75) is 0 Å². The highest BCUT2D eigenvalue weighted by atomic mass is 16.5. The Hall–Kier alpha value is -2.77. The minimum absolute atomic E-state index is 0.211. The molecule has 1 aromatic rings. The largest absolute Gasteiger partial charge is 0.493 e. The van der Waals surface area contributed by atoms with Crippen LogP contribution >= 0.6 is 0 Å². The second-order valence-electron chi connectivity index (χ2n) is 3.89. The van der Waals surface area contributed by atoms with Crippen molar-refractivity contribution in [3.8, 4) is 11.5 Å². The highest BCUT2D eigenvalue weighted by Crippen LogP contribution is 2.30. The average molecular weight is 296 g/mol. The number of carboxylic acid groups (broad SMARTS) is 1. The summed E-state index contributed by atoms with van der Waals surface area (Å²) in [4.78, 5) is 33.6. The molecule has 0 aliphatic heterocycles. The number of nitrogens with one attached hydrogen (secondary N) is 2. The molecule has 0 saturated heterocycles. The van der Waals surface area contributed by atoms with Gasteiger partial charge in [0.1, 0.15) is 6.54 Å². The van der Waals surface area contributed by atoms with Crippen LogP contribution in [0.25, 0.3) is 0 Å². The van der Waals surface area contributed by atoms with Crippen molar-refractivity contribution in [1.29, 1.82) is 0 Å². The summed E-state index contributed by atoms with van der Waals surface area (Å²) in [5, 5.41) is 12.9. The molecule has 0 aliphatic carbocycles.